The van der Waals surface area contributed by atoms with E-state index in [2.05, 4.69) is 5.32 Å². The number of carbonyl (C=O) groups is 2. The minimum atomic E-state index is -0.274. The fourth-order valence-electron chi connectivity index (χ4n) is 2.19. The van der Waals surface area contributed by atoms with Crippen molar-refractivity contribution < 1.29 is 9.59 Å². The number of benzene rings is 2. The minimum absolute atomic E-state index is 0.0378. The number of amides is 2. The standard InChI is InChI=1S/C18H18Cl2N2O2/c1-3-22(18(24)13-5-8-14(19)9-6-13)11-17(23)21-16-10-15(20)7-4-12(16)2/h4-10H,3,11H2,1-2H3,(H,21,23). The Hall–Kier alpha value is -2.04. The zero-order valence-corrected chi connectivity index (χ0v) is 15.0. The predicted molar refractivity (Wildman–Crippen MR) is 97.8 cm³/mol. The van der Waals surface area contributed by atoms with E-state index < -0.39 is 0 Å². The Kier molecular flexibility index (Phi) is 6.23. The lowest BCUT2D eigenvalue weighted by molar-refractivity contribution is -0.116. The lowest BCUT2D eigenvalue weighted by atomic mass is 10.2. The van der Waals surface area contributed by atoms with E-state index in [4.69, 9.17) is 23.2 Å². The summed E-state index contributed by atoms with van der Waals surface area (Å²) in [6, 6.07) is 11.9. The second-order valence-corrected chi connectivity index (χ2v) is 6.21. The Morgan fingerprint density at radius 3 is 2.29 bits per heavy atom. The first-order chi connectivity index (χ1) is 11.4. The molecule has 0 radical (unpaired) electrons. The molecule has 126 valence electrons. The summed E-state index contributed by atoms with van der Waals surface area (Å²) in [5, 5.41) is 3.89. The van der Waals surface area contributed by atoms with E-state index in [1.165, 1.54) is 4.90 Å². The molecular formula is C18H18Cl2N2O2. The van der Waals surface area contributed by atoms with Gasteiger partial charge < -0.3 is 10.2 Å². The van der Waals surface area contributed by atoms with Gasteiger partial charge in [0.25, 0.3) is 5.91 Å². The Morgan fingerprint density at radius 2 is 1.67 bits per heavy atom. The fraction of sp³-hybridized carbons (Fsp3) is 0.222. The zero-order valence-electron chi connectivity index (χ0n) is 13.5. The molecule has 0 aliphatic rings. The molecule has 0 atom stereocenters. The number of nitrogens with zero attached hydrogens (tertiary/aromatic N) is 1. The summed E-state index contributed by atoms with van der Waals surface area (Å²) in [6.07, 6.45) is 0. The molecule has 0 aliphatic heterocycles. The third-order valence-electron chi connectivity index (χ3n) is 3.57. The van der Waals surface area contributed by atoms with Crippen molar-refractivity contribution >= 4 is 40.7 Å². The van der Waals surface area contributed by atoms with Gasteiger partial charge in [-0.05, 0) is 55.8 Å². The SMILES string of the molecule is CCN(CC(=O)Nc1cc(Cl)ccc1C)C(=O)c1ccc(Cl)cc1. The number of carbonyl (C=O) groups excluding carboxylic acids is 2. The molecule has 0 spiro atoms. The molecule has 1 N–H and O–H groups in total. The summed E-state index contributed by atoms with van der Waals surface area (Å²) in [5.41, 5.74) is 2.04. The van der Waals surface area contributed by atoms with Crippen molar-refractivity contribution in [3.63, 3.8) is 0 Å². The van der Waals surface area contributed by atoms with Crippen LogP contribution < -0.4 is 5.32 Å². The second-order valence-electron chi connectivity index (χ2n) is 5.33. The minimum Gasteiger partial charge on any atom is -0.330 e. The Bertz CT molecular complexity index is 745. The van der Waals surface area contributed by atoms with E-state index in [9.17, 15) is 9.59 Å². The van der Waals surface area contributed by atoms with Crippen LogP contribution >= 0.6 is 23.2 Å². The number of likely N-dealkylation sites (N-methyl/N-ethyl adjacent to an activating group) is 1. The molecule has 0 aliphatic carbocycles. The average Bonchev–Trinajstić information content (AvgIpc) is 2.56. The van der Waals surface area contributed by atoms with Crippen molar-refractivity contribution in [3.8, 4) is 0 Å². The van der Waals surface area contributed by atoms with Crippen LogP contribution in [0.3, 0.4) is 0 Å². The maximum absolute atomic E-state index is 12.5. The fourth-order valence-corrected chi connectivity index (χ4v) is 2.49. The van der Waals surface area contributed by atoms with Crippen LogP contribution in [0.4, 0.5) is 5.69 Å². The molecule has 4 nitrogen and oxygen atoms in total. The summed E-state index contributed by atoms with van der Waals surface area (Å²) in [7, 11) is 0. The maximum Gasteiger partial charge on any atom is 0.254 e. The van der Waals surface area contributed by atoms with E-state index in [1.54, 1.807) is 36.4 Å². The summed E-state index contributed by atoms with van der Waals surface area (Å²) in [6.45, 7) is 4.08. The molecule has 2 amide bonds. The maximum atomic E-state index is 12.5. The highest BCUT2D eigenvalue weighted by Crippen LogP contribution is 2.20. The quantitative estimate of drug-likeness (QED) is 0.854. The molecule has 0 unspecified atom stereocenters. The van der Waals surface area contributed by atoms with Gasteiger partial charge in [-0.15, -0.1) is 0 Å². The molecule has 2 aromatic carbocycles. The van der Waals surface area contributed by atoms with Crippen molar-refractivity contribution in [2.45, 2.75) is 13.8 Å². The largest absolute Gasteiger partial charge is 0.330 e. The highest BCUT2D eigenvalue weighted by Gasteiger charge is 2.17. The molecular weight excluding hydrogens is 347 g/mol. The van der Waals surface area contributed by atoms with E-state index in [0.717, 1.165) is 5.56 Å². The van der Waals surface area contributed by atoms with E-state index >= 15 is 0 Å². The molecule has 0 bridgehead atoms. The van der Waals surface area contributed by atoms with Gasteiger partial charge in [0.05, 0.1) is 0 Å². The Balaban J connectivity index is 2.06. The summed E-state index contributed by atoms with van der Waals surface area (Å²) < 4.78 is 0. The van der Waals surface area contributed by atoms with E-state index in [1.807, 2.05) is 19.9 Å². The molecule has 2 rings (SSSR count). The Labute approximate surface area is 151 Å². The first-order valence-electron chi connectivity index (χ1n) is 7.51. The van der Waals surface area contributed by atoms with Gasteiger partial charge in [0.15, 0.2) is 0 Å². The topological polar surface area (TPSA) is 49.4 Å². The van der Waals surface area contributed by atoms with Gasteiger partial charge in [0.2, 0.25) is 5.91 Å². The lowest BCUT2D eigenvalue weighted by Gasteiger charge is -2.21. The smallest absolute Gasteiger partial charge is 0.254 e. The van der Waals surface area contributed by atoms with Crippen LogP contribution in [-0.2, 0) is 4.79 Å². The monoisotopic (exact) mass is 364 g/mol. The average molecular weight is 365 g/mol. The van der Waals surface area contributed by atoms with Crippen LogP contribution in [0.15, 0.2) is 42.5 Å². The second kappa shape index (κ2) is 8.18. The number of hydrogen-bond donors (Lipinski definition) is 1. The lowest BCUT2D eigenvalue weighted by Crippen LogP contribution is -2.37. The van der Waals surface area contributed by atoms with Crippen LogP contribution in [0.2, 0.25) is 10.0 Å². The molecule has 2 aromatic rings. The number of aryl methyl sites for hydroxylation is 1. The number of rotatable bonds is 5. The van der Waals surface area contributed by atoms with Gasteiger partial charge in [-0.1, -0.05) is 29.3 Å². The molecule has 24 heavy (non-hydrogen) atoms. The number of halogens is 2. The summed E-state index contributed by atoms with van der Waals surface area (Å²) >= 11 is 11.8. The number of nitrogens with one attached hydrogen (secondary N) is 1. The van der Waals surface area contributed by atoms with E-state index in [-0.39, 0.29) is 18.4 Å². The third kappa shape index (κ3) is 4.73. The van der Waals surface area contributed by atoms with Crippen molar-refractivity contribution in [1.82, 2.24) is 4.90 Å². The summed E-state index contributed by atoms with van der Waals surface area (Å²) in [4.78, 5) is 26.2. The van der Waals surface area contributed by atoms with Crippen molar-refractivity contribution in [3.05, 3.63) is 63.6 Å². The normalized spacial score (nSPS) is 10.3. The third-order valence-corrected chi connectivity index (χ3v) is 4.06. The van der Waals surface area contributed by atoms with Crippen LogP contribution in [-0.4, -0.2) is 29.8 Å². The van der Waals surface area contributed by atoms with Gasteiger partial charge in [-0.3, -0.25) is 9.59 Å². The molecule has 0 heterocycles. The highest BCUT2D eigenvalue weighted by atomic mass is 35.5. The Morgan fingerprint density at radius 1 is 1.04 bits per heavy atom. The van der Waals surface area contributed by atoms with E-state index in [0.29, 0.717) is 27.8 Å². The highest BCUT2D eigenvalue weighted by molar-refractivity contribution is 6.31. The molecule has 0 aromatic heterocycles. The molecule has 6 heteroatoms. The van der Waals surface area contributed by atoms with Gasteiger partial charge >= 0.3 is 0 Å². The number of hydrogen-bond acceptors (Lipinski definition) is 2. The van der Waals surface area contributed by atoms with Gasteiger partial charge in [0, 0.05) is 27.8 Å². The van der Waals surface area contributed by atoms with Gasteiger partial charge in [-0.25, -0.2) is 0 Å². The predicted octanol–water partition coefficient (Wildman–Crippen LogP) is 4.40. The zero-order chi connectivity index (χ0) is 17.7. The molecule has 0 fully saturated rings. The first-order valence-corrected chi connectivity index (χ1v) is 8.27. The molecule has 0 saturated carbocycles. The van der Waals surface area contributed by atoms with Crippen molar-refractivity contribution in [1.29, 1.82) is 0 Å². The van der Waals surface area contributed by atoms with Crippen LogP contribution in [0.25, 0.3) is 0 Å². The molecule has 0 saturated heterocycles. The summed E-state index contributed by atoms with van der Waals surface area (Å²) in [5.74, 6) is -0.489. The van der Waals surface area contributed by atoms with Crippen molar-refractivity contribution in [2.24, 2.45) is 0 Å². The van der Waals surface area contributed by atoms with Crippen molar-refractivity contribution in [2.75, 3.05) is 18.4 Å². The van der Waals surface area contributed by atoms with Crippen LogP contribution in [0.5, 0.6) is 0 Å². The van der Waals surface area contributed by atoms with Crippen LogP contribution in [0, 0.1) is 6.92 Å². The first kappa shape index (κ1) is 18.3. The van der Waals surface area contributed by atoms with Crippen LogP contribution in [0.1, 0.15) is 22.8 Å². The van der Waals surface area contributed by atoms with Gasteiger partial charge in [-0.2, -0.15) is 0 Å². The number of anilines is 1. The van der Waals surface area contributed by atoms with Gasteiger partial charge in [0.1, 0.15) is 6.54 Å².